The first-order chi connectivity index (χ1) is 9.83. The van der Waals surface area contributed by atoms with Gasteiger partial charge in [0.05, 0.1) is 17.8 Å². The maximum Gasteiger partial charge on any atom is 0.0650 e. The van der Waals surface area contributed by atoms with Gasteiger partial charge in [0, 0.05) is 12.6 Å². The first-order valence-electron chi connectivity index (χ1n) is 8.55. The van der Waals surface area contributed by atoms with E-state index in [0.717, 1.165) is 12.1 Å². The number of nitrogens with zero attached hydrogens (tertiary/aromatic N) is 2. The molecule has 3 rings (SSSR count). The highest BCUT2D eigenvalue weighted by Gasteiger charge is 2.23. The molecule has 1 aromatic heterocycles. The van der Waals surface area contributed by atoms with Crippen LogP contribution in [0.5, 0.6) is 0 Å². The molecular weight excluding hydrogens is 248 g/mol. The molecule has 2 fully saturated rings. The summed E-state index contributed by atoms with van der Waals surface area (Å²) in [6.45, 7) is 0. The Balaban J connectivity index is 1.56. The molecule has 1 aromatic rings. The first kappa shape index (κ1) is 14.1. The van der Waals surface area contributed by atoms with Gasteiger partial charge in [-0.2, -0.15) is 5.10 Å². The van der Waals surface area contributed by atoms with Gasteiger partial charge in [0.25, 0.3) is 0 Å². The van der Waals surface area contributed by atoms with Gasteiger partial charge in [-0.3, -0.25) is 4.68 Å². The third-order valence-electron chi connectivity index (χ3n) is 5.22. The van der Waals surface area contributed by atoms with Crippen LogP contribution in [0.2, 0.25) is 0 Å². The summed E-state index contributed by atoms with van der Waals surface area (Å²) in [7, 11) is 0. The van der Waals surface area contributed by atoms with Gasteiger partial charge in [-0.15, -0.1) is 0 Å². The Hall–Kier alpha value is -0.830. The summed E-state index contributed by atoms with van der Waals surface area (Å²) in [5, 5.41) is 15.1. The van der Waals surface area contributed by atoms with E-state index in [1.807, 2.05) is 0 Å². The Morgan fingerprint density at radius 3 is 2.40 bits per heavy atom. The second-order valence-electron chi connectivity index (χ2n) is 6.75. The zero-order valence-electron chi connectivity index (χ0n) is 12.5. The van der Waals surface area contributed by atoms with E-state index in [1.165, 1.54) is 64.2 Å². The molecule has 0 aliphatic heterocycles. The molecule has 1 heterocycles. The second-order valence-corrected chi connectivity index (χ2v) is 6.75. The molecule has 2 aliphatic rings. The molecule has 20 heavy (non-hydrogen) atoms. The van der Waals surface area contributed by atoms with Gasteiger partial charge >= 0.3 is 0 Å². The highest BCUT2D eigenvalue weighted by molar-refractivity contribution is 5.02. The van der Waals surface area contributed by atoms with E-state index in [4.69, 9.17) is 5.10 Å². The Labute approximate surface area is 122 Å². The summed E-state index contributed by atoms with van der Waals surface area (Å²) in [5.41, 5.74) is 1.08. The highest BCUT2D eigenvalue weighted by Crippen LogP contribution is 2.29. The number of hydrogen-bond acceptors (Lipinski definition) is 2. The molecule has 0 spiro atoms. The third-order valence-corrected chi connectivity index (χ3v) is 5.22. The molecule has 2 aliphatic carbocycles. The molecule has 3 nitrogen and oxygen atoms in total. The molecule has 2 saturated carbocycles. The van der Waals surface area contributed by atoms with Crippen LogP contribution in [0, 0.1) is 5.92 Å². The Morgan fingerprint density at radius 1 is 1.05 bits per heavy atom. The SMILES string of the molecule is OC(Cc1ccn(C2CCCCC2)n1)C1CCCCC1. The van der Waals surface area contributed by atoms with Crippen molar-refractivity contribution >= 4 is 0 Å². The van der Waals surface area contributed by atoms with Crippen LogP contribution in [-0.2, 0) is 6.42 Å². The second kappa shape index (κ2) is 6.75. The van der Waals surface area contributed by atoms with Crippen molar-refractivity contribution in [1.82, 2.24) is 9.78 Å². The summed E-state index contributed by atoms with van der Waals surface area (Å²) in [6, 6.07) is 2.71. The van der Waals surface area contributed by atoms with Crippen LogP contribution in [0.1, 0.15) is 75.9 Å². The van der Waals surface area contributed by atoms with Gasteiger partial charge in [0.15, 0.2) is 0 Å². The monoisotopic (exact) mass is 276 g/mol. The number of rotatable bonds is 4. The largest absolute Gasteiger partial charge is 0.392 e. The van der Waals surface area contributed by atoms with Crippen molar-refractivity contribution in [3.63, 3.8) is 0 Å². The van der Waals surface area contributed by atoms with Crippen molar-refractivity contribution in [3.8, 4) is 0 Å². The molecule has 0 saturated heterocycles. The minimum atomic E-state index is -0.190. The topological polar surface area (TPSA) is 38.0 Å². The molecule has 0 amide bonds. The van der Waals surface area contributed by atoms with Crippen LogP contribution in [0.3, 0.4) is 0 Å². The fraction of sp³-hybridized carbons (Fsp3) is 0.824. The van der Waals surface area contributed by atoms with Crippen LogP contribution in [-0.4, -0.2) is 21.0 Å². The van der Waals surface area contributed by atoms with Crippen molar-refractivity contribution < 1.29 is 5.11 Å². The zero-order chi connectivity index (χ0) is 13.8. The summed E-state index contributed by atoms with van der Waals surface area (Å²) < 4.78 is 2.15. The van der Waals surface area contributed by atoms with Gasteiger partial charge < -0.3 is 5.11 Å². The molecule has 1 N–H and O–H groups in total. The van der Waals surface area contributed by atoms with E-state index in [1.54, 1.807) is 0 Å². The number of hydrogen-bond donors (Lipinski definition) is 1. The molecule has 0 aromatic carbocycles. The lowest BCUT2D eigenvalue weighted by molar-refractivity contribution is 0.0840. The van der Waals surface area contributed by atoms with Crippen LogP contribution in [0.25, 0.3) is 0 Å². The van der Waals surface area contributed by atoms with E-state index >= 15 is 0 Å². The van der Waals surface area contributed by atoms with Gasteiger partial charge in [-0.25, -0.2) is 0 Å². The number of aromatic nitrogens is 2. The van der Waals surface area contributed by atoms with Gasteiger partial charge in [0.2, 0.25) is 0 Å². The Morgan fingerprint density at radius 2 is 1.70 bits per heavy atom. The lowest BCUT2D eigenvalue weighted by Crippen LogP contribution is -2.25. The van der Waals surface area contributed by atoms with Crippen molar-refractivity contribution in [2.75, 3.05) is 0 Å². The average Bonchev–Trinajstić information content (AvgIpc) is 2.97. The fourth-order valence-corrected chi connectivity index (χ4v) is 3.94. The quantitative estimate of drug-likeness (QED) is 0.906. The first-order valence-corrected chi connectivity index (χ1v) is 8.55. The summed E-state index contributed by atoms with van der Waals surface area (Å²) in [6.07, 6.45) is 15.6. The van der Waals surface area contributed by atoms with Crippen LogP contribution >= 0.6 is 0 Å². The average molecular weight is 276 g/mol. The van der Waals surface area contributed by atoms with Gasteiger partial charge in [0.1, 0.15) is 0 Å². The molecule has 112 valence electrons. The van der Waals surface area contributed by atoms with Crippen LogP contribution < -0.4 is 0 Å². The van der Waals surface area contributed by atoms with Gasteiger partial charge in [-0.05, 0) is 37.7 Å². The Bertz CT molecular complexity index is 403. The van der Waals surface area contributed by atoms with Crippen molar-refractivity contribution in [3.05, 3.63) is 18.0 Å². The lowest BCUT2D eigenvalue weighted by Gasteiger charge is -2.26. The van der Waals surface area contributed by atoms with E-state index in [0.29, 0.717) is 12.0 Å². The van der Waals surface area contributed by atoms with Gasteiger partial charge in [-0.1, -0.05) is 38.5 Å². The predicted molar refractivity (Wildman–Crippen MR) is 80.6 cm³/mol. The normalized spacial score (nSPS) is 23.9. The summed E-state index contributed by atoms with van der Waals surface area (Å²) in [5.74, 6) is 0.503. The van der Waals surface area contributed by atoms with Crippen molar-refractivity contribution in [2.45, 2.75) is 82.8 Å². The van der Waals surface area contributed by atoms with Crippen LogP contribution in [0.4, 0.5) is 0 Å². The van der Waals surface area contributed by atoms with E-state index in [9.17, 15) is 5.11 Å². The van der Waals surface area contributed by atoms with Crippen molar-refractivity contribution in [1.29, 1.82) is 0 Å². The van der Waals surface area contributed by atoms with Crippen LogP contribution in [0.15, 0.2) is 12.3 Å². The molecule has 3 heteroatoms. The van der Waals surface area contributed by atoms with E-state index < -0.39 is 0 Å². The molecule has 0 radical (unpaired) electrons. The van der Waals surface area contributed by atoms with E-state index in [2.05, 4.69) is 16.9 Å². The summed E-state index contributed by atoms with van der Waals surface area (Å²) in [4.78, 5) is 0. The maximum atomic E-state index is 10.4. The minimum Gasteiger partial charge on any atom is -0.392 e. The zero-order valence-corrected chi connectivity index (χ0v) is 12.5. The predicted octanol–water partition coefficient (Wildman–Crippen LogP) is 3.87. The Kier molecular flexibility index (Phi) is 4.77. The molecular formula is C17H28N2O. The maximum absolute atomic E-state index is 10.4. The van der Waals surface area contributed by atoms with E-state index in [-0.39, 0.29) is 6.10 Å². The number of aliphatic hydroxyl groups excluding tert-OH is 1. The smallest absolute Gasteiger partial charge is 0.0650 e. The molecule has 1 atom stereocenters. The summed E-state index contributed by atoms with van der Waals surface area (Å²) >= 11 is 0. The lowest BCUT2D eigenvalue weighted by atomic mass is 9.84. The standard InChI is InChI=1S/C17H28N2O/c20-17(14-7-3-1-4-8-14)13-15-11-12-19(18-15)16-9-5-2-6-10-16/h11-12,14,16-17,20H,1-10,13H2. The third kappa shape index (κ3) is 3.43. The van der Waals surface area contributed by atoms with Crippen molar-refractivity contribution in [2.24, 2.45) is 5.92 Å². The molecule has 1 unspecified atom stereocenters. The number of aliphatic hydroxyl groups is 1. The molecule has 0 bridgehead atoms. The highest BCUT2D eigenvalue weighted by atomic mass is 16.3. The minimum absolute atomic E-state index is 0.190. The fourth-order valence-electron chi connectivity index (χ4n) is 3.94.